The average Bonchev–Trinajstić information content (AvgIpc) is 2.75. The predicted molar refractivity (Wildman–Crippen MR) is 67.3 cm³/mol. The maximum Gasteiger partial charge on any atom is 0.338 e. The number of aromatic nitrogens is 1. The van der Waals surface area contributed by atoms with Gasteiger partial charge in [-0.2, -0.15) is 0 Å². The molecule has 5 heteroatoms. The molecule has 1 heterocycles. The number of carboxylic acid groups (broad SMARTS) is 1. The molecule has 5 nitrogen and oxygen atoms in total. The summed E-state index contributed by atoms with van der Waals surface area (Å²) in [6.45, 7) is 1.13. The van der Waals surface area contributed by atoms with Gasteiger partial charge >= 0.3 is 5.97 Å². The van der Waals surface area contributed by atoms with Crippen LogP contribution in [0.5, 0.6) is 5.75 Å². The van der Waals surface area contributed by atoms with E-state index < -0.39 is 5.97 Å². The summed E-state index contributed by atoms with van der Waals surface area (Å²) >= 11 is 0. The van der Waals surface area contributed by atoms with E-state index in [-0.39, 0.29) is 5.56 Å². The Kier molecular flexibility index (Phi) is 3.53. The summed E-state index contributed by atoms with van der Waals surface area (Å²) in [5, 5.41) is 9.87. The lowest BCUT2D eigenvalue weighted by Crippen LogP contribution is -2.02. The lowest BCUT2D eigenvalue weighted by molar-refractivity contribution is 0.0698. The van der Waals surface area contributed by atoms with E-state index in [1.807, 2.05) is 16.7 Å². The molecule has 0 aliphatic heterocycles. The molecule has 18 heavy (non-hydrogen) atoms. The van der Waals surface area contributed by atoms with Crippen LogP contribution < -0.4 is 4.74 Å². The van der Waals surface area contributed by atoms with Gasteiger partial charge in [0.2, 0.25) is 0 Å². The Balaban J connectivity index is 2.64. The van der Waals surface area contributed by atoms with Crippen LogP contribution in [-0.4, -0.2) is 36.5 Å². The molecule has 0 spiro atoms. The quantitative estimate of drug-likeness (QED) is 0.880. The Hall–Kier alpha value is -2.01. The number of benzene rings is 1. The fourth-order valence-corrected chi connectivity index (χ4v) is 2.03. The third kappa shape index (κ3) is 2.04. The van der Waals surface area contributed by atoms with Gasteiger partial charge in [-0.25, -0.2) is 4.79 Å². The number of nitrogens with zero attached hydrogens (tertiary/aromatic N) is 1. The van der Waals surface area contributed by atoms with E-state index in [1.54, 1.807) is 19.4 Å². The van der Waals surface area contributed by atoms with Crippen LogP contribution in [0.3, 0.4) is 0 Å². The van der Waals surface area contributed by atoms with Crippen molar-refractivity contribution in [3.05, 3.63) is 30.0 Å². The van der Waals surface area contributed by atoms with Crippen LogP contribution in [0.15, 0.2) is 24.4 Å². The molecule has 0 aliphatic carbocycles. The van der Waals surface area contributed by atoms with E-state index in [0.717, 1.165) is 5.52 Å². The Morgan fingerprint density at radius 3 is 2.78 bits per heavy atom. The number of methoxy groups -OCH3 is 2. The first-order valence-corrected chi connectivity index (χ1v) is 5.57. The average molecular weight is 249 g/mol. The molecule has 0 saturated carbocycles. The highest BCUT2D eigenvalue weighted by molar-refractivity contribution is 6.06. The summed E-state index contributed by atoms with van der Waals surface area (Å²) < 4.78 is 12.1. The first kappa shape index (κ1) is 12.4. The molecule has 0 saturated heterocycles. The third-order valence-electron chi connectivity index (χ3n) is 2.85. The first-order chi connectivity index (χ1) is 8.69. The predicted octanol–water partition coefficient (Wildman–Crippen LogP) is 1.99. The van der Waals surface area contributed by atoms with Crippen LogP contribution in [0.2, 0.25) is 0 Å². The lowest BCUT2D eigenvalue weighted by Gasteiger charge is -2.05. The Morgan fingerprint density at radius 1 is 1.39 bits per heavy atom. The van der Waals surface area contributed by atoms with Crippen molar-refractivity contribution >= 4 is 16.9 Å². The van der Waals surface area contributed by atoms with Gasteiger partial charge in [0, 0.05) is 19.9 Å². The molecule has 2 aromatic rings. The number of hydrogen-bond donors (Lipinski definition) is 1. The van der Waals surface area contributed by atoms with E-state index in [2.05, 4.69) is 0 Å². The minimum atomic E-state index is -0.958. The van der Waals surface area contributed by atoms with Crippen molar-refractivity contribution in [1.82, 2.24) is 4.57 Å². The van der Waals surface area contributed by atoms with Gasteiger partial charge in [-0.15, -0.1) is 0 Å². The fraction of sp³-hybridized carbons (Fsp3) is 0.308. The molecule has 0 aliphatic rings. The number of fused-ring (bicyclic) bond motifs is 1. The summed E-state index contributed by atoms with van der Waals surface area (Å²) in [7, 11) is 3.15. The summed E-state index contributed by atoms with van der Waals surface area (Å²) in [6.07, 6.45) is 1.62. The molecule has 0 atom stereocenters. The molecular formula is C13H15NO4. The second kappa shape index (κ2) is 5.10. The Morgan fingerprint density at radius 2 is 2.17 bits per heavy atom. The largest absolute Gasteiger partial charge is 0.496 e. The van der Waals surface area contributed by atoms with Crippen LogP contribution in [0, 0.1) is 0 Å². The minimum Gasteiger partial charge on any atom is -0.496 e. The molecule has 1 aromatic carbocycles. The second-order valence-electron chi connectivity index (χ2n) is 3.89. The molecule has 0 bridgehead atoms. The summed E-state index contributed by atoms with van der Waals surface area (Å²) in [5.41, 5.74) is 1.09. The summed E-state index contributed by atoms with van der Waals surface area (Å²) in [5.74, 6) is -0.387. The van der Waals surface area contributed by atoms with Crippen LogP contribution in [0.4, 0.5) is 0 Å². The maximum atomic E-state index is 11.3. The van der Waals surface area contributed by atoms with Gasteiger partial charge in [0.15, 0.2) is 0 Å². The first-order valence-electron chi connectivity index (χ1n) is 5.57. The van der Waals surface area contributed by atoms with Crippen molar-refractivity contribution in [3.8, 4) is 5.75 Å². The minimum absolute atomic E-state index is 0.249. The fourth-order valence-electron chi connectivity index (χ4n) is 2.03. The second-order valence-corrected chi connectivity index (χ2v) is 3.89. The van der Waals surface area contributed by atoms with Gasteiger partial charge in [-0.3, -0.25) is 0 Å². The van der Waals surface area contributed by atoms with Crippen molar-refractivity contribution in [2.75, 3.05) is 20.8 Å². The zero-order chi connectivity index (χ0) is 13.1. The number of carboxylic acids is 1. The monoisotopic (exact) mass is 249 g/mol. The summed E-state index contributed by atoms with van der Waals surface area (Å²) in [4.78, 5) is 11.3. The van der Waals surface area contributed by atoms with Crippen molar-refractivity contribution < 1.29 is 19.4 Å². The molecule has 96 valence electrons. The van der Waals surface area contributed by atoms with Crippen molar-refractivity contribution in [2.24, 2.45) is 0 Å². The summed E-state index contributed by atoms with van der Waals surface area (Å²) in [6, 6.07) is 5.48. The van der Waals surface area contributed by atoms with Crippen LogP contribution in [0.25, 0.3) is 10.9 Å². The number of hydrogen-bond acceptors (Lipinski definition) is 3. The van der Waals surface area contributed by atoms with Gasteiger partial charge in [0.1, 0.15) is 5.75 Å². The zero-order valence-corrected chi connectivity index (χ0v) is 10.3. The van der Waals surface area contributed by atoms with E-state index >= 15 is 0 Å². The Bertz CT molecular complexity index is 574. The van der Waals surface area contributed by atoms with Gasteiger partial charge in [0.25, 0.3) is 0 Å². The number of ether oxygens (including phenoxy) is 2. The van der Waals surface area contributed by atoms with Gasteiger partial charge in [-0.1, -0.05) is 6.07 Å². The van der Waals surface area contributed by atoms with Crippen LogP contribution in [-0.2, 0) is 11.3 Å². The SMILES string of the molecule is COCCn1cc(C(=O)O)c2c(OC)cccc21. The zero-order valence-electron chi connectivity index (χ0n) is 10.3. The van der Waals surface area contributed by atoms with Gasteiger partial charge in [-0.05, 0) is 12.1 Å². The van der Waals surface area contributed by atoms with Crippen molar-refractivity contribution in [3.63, 3.8) is 0 Å². The van der Waals surface area contributed by atoms with E-state index in [0.29, 0.717) is 24.3 Å². The highest BCUT2D eigenvalue weighted by atomic mass is 16.5. The molecular weight excluding hydrogens is 234 g/mol. The molecule has 1 aromatic heterocycles. The van der Waals surface area contributed by atoms with Crippen LogP contribution in [0.1, 0.15) is 10.4 Å². The molecule has 0 radical (unpaired) electrons. The Labute approximate surface area is 105 Å². The smallest absolute Gasteiger partial charge is 0.338 e. The third-order valence-corrected chi connectivity index (χ3v) is 2.85. The van der Waals surface area contributed by atoms with Crippen molar-refractivity contribution in [2.45, 2.75) is 6.54 Å². The van der Waals surface area contributed by atoms with E-state index in [4.69, 9.17) is 9.47 Å². The molecule has 0 fully saturated rings. The van der Waals surface area contributed by atoms with Gasteiger partial charge < -0.3 is 19.1 Å². The molecule has 0 amide bonds. The number of aromatic carboxylic acids is 1. The van der Waals surface area contributed by atoms with Crippen LogP contribution >= 0.6 is 0 Å². The van der Waals surface area contributed by atoms with E-state index in [1.165, 1.54) is 7.11 Å². The topological polar surface area (TPSA) is 60.7 Å². The highest BCUT2D eigenvalue weighted by Gasteiger charge is 2.17. The van der Waals surface area contributed by atoms with Crippen molar-refractivity contribution in [1.29, 1.82) is 0 Å². The normalized spacial score (nSPS) is 10.8. The number of carbonyl (C=O) groups is 1. The van der Waals surface area contributed by atoms with Gasteiger partial charge in [0.05, 0.1) is 30.2 Å². The van der Waals surface area contributed by atoms with E-state index in [9.17, 15) is 9.90 Å². The molecule has 2 rings (SSSR count). The number of rotatable bonds is 5. The highest BCUT2D eigenvalue weighted by Crippen LogP contribution is 2.30. The maximum absolute atomic E-state index is 11.3. The molecule has 1 N–H and O–H groups in total. The standard InChI is InChI=1S/C13H15NO4/c1-17-7-6-14-8-9(13(15)16)12-10(14)4-3-5-11(12)18-2/h3-5,8H,6-7H2,1-2H3,(H,15,16). The molecule has 0 unspecified atom stereocenters. The lowest BCUT2D eigenvalue weighted by atomic mass is 10.1.